The molecule has 110 valence electrons. The largest absolute Gasteiger partial charge is 0.397 e. The maximum atomic E-state index is 12.4. The molecule has 1 aliphatic carbocycles. The smallest absolute Gasteiger partial charge is 0.254 e. The normalized spacial score (nSPS) is 22.8. The number of carbonyl (C=O) groups excluding carboxylic acids is 1. The van der Waals surface area contributed by atoms with Gasteiger partial charge in [-0.3, -0.25) is 4.79 Å². The molecule has 1 saturated carbocycles. The van der Waals surface area contributed by atoms with Gasteiger partial charge in [0.15, 0.2) is 0 Å². The highest BCUT2D eigenvalue weighted by molar-refractivity contribution is 6.32. The van der Waals surface area contributed by atoms with E-state index in [1.54, 1.807) is 6.07 Å². The number of nitrogens with one attached hydrogen (secondary N) is 1. The SMILES string of the molecule is CC(C)C1CCCCC1NC(=O)c1cc(N)cnc1Cl. The molecule has 0 saturated heterocycles. The van der Waals surface area contributed by atoms with Crippen LogP contribution in [0.2, 0.25) is 5.15 Å². The van der Waals surface area contributed by atoms with Crippen LogP contribution in [0.5, 0.6) is 0 Å². The van der Waals surface area contributed by atoms with Gasteiger partial charge in [-0.2, -0.15) is 0 Å². The first kappa shape index (κ1) is 15.1. The van der Waals surface area contributed by atoms with Crippen LogP contribution < -0.4 is 11.1 Å². The van der Waals surface area contributed by atoms with Crippen molar-refractivity contribution in [3.05, 3.63) is 23.0 Å². The molecule has 2 unspecified atom stereocenters. The van der Waals surface area contributed by atoms with E-state index < -0.39 is 0 Å². The molecule has 4 nitrogen and oxygen atoms in total. The third kappa shape index (κ3) is 3.42. The van der Waals surface area contributed by atoms with Crippen LogP contribution in [0.3, 0.4) is 0 Å². The Bertz CT molecular complexity index is 490. The number of halogens is 1. The molecular weight excluding hydrogens is 274 g/mol. The Hall–Kier alpha value is -1.29. The van der Waals surface area contributed by atoms with Crippen molar-refractivity contribution in [2.24, 2.45) is 11.8 Å². The number of aromatic nitrogens is 1. The monoisotopic (exact) mass is 295 g/mol. The topological polar surface area (TPSA) is 68.0 Å². The lowest BCUT2D eigenvalue weighted by Crippen LogP contribution is -2.44. The van der Waals surface area contributed by atoms with Crippen molar-refractivity contribution >= 4 is 23.2 Å². The molecule has 1 heterocycles. The van der Waals surface area contributed by atoms with Gasteiger partial charge in [0, 0.05) is 6.04 Å². The summed E-state index contributed by atoms with van der Waals surface area (Å²) in [5, 5.41) is 3.32. The van der Waals surface area contributed by atoms with Gasteiger partial charge in [0.05, 0.1) is 17.4 Å². The molecule has 0 aliphatic heterocycles. The van der Waals surface area contributed by atoms with Crippen LogP contribution in [0.4, 0.5) is 5.69 Å². The van der Waals surface area contributed by atoms with Crippen LogP contribution in [0.1, 0.15) is 49.9 Å². The molecule has 1 aromatic heterocycles. The van der Waals surface area contributed by atoms with Gasteiger partial charge in [0.2, 0.25) is 0 Å². The summed E-state index contributed by atoms with van der Waals surface area (Å²) < 4.78 is 0. The minimum atomic E-state index is -0.174. The predicted molar refractivity (Wildman–Crippen MR) is 81.7 cm³/mol. The fourth-order valence-corrected chi connectivity index (χ4v) is 3.20. The lowest BCUT2D eigenvalue weighted by Gasteiger charge is -2.34. The predicted octanol–water partition coefficient (Wildman–Crippen LogP) is 3.26. The summed E-state index contributed by atoms with van der Waals surface area (Å²) in [6.07, 6.45) is 6.07. The molecule has 5 heteroatoms. The zero-order valence-corrected chi connectivity index (χ0v) is 12.8. The molecule has 20 heavy (non-hydrogen) atoms. The third-order valence-corrected chi connectivity index (χ3v) is 4.40. The third-order valence-electron chi connectivity index (χ3n) is 4.10. The van der Waals surface area contributed by atoms with Gasteiger partial charge in [0.25, 0.3) is 5.91 Å². The minimum Gasteiger partial charge on any atom is -0.397 e. The van der Waals surface area contributed by atoms with Gasteiger partial charge in [0.1, 0.15) is 5.15 Å². The number of pyridine rings is 1. The Balaban J connectivity index is 2.11. The van der Waals surface area contributed by atoms with Crippen LogP contribution in [0, 0.1) is 11.8 Å². The molecular formula is C15H22ClN3O. The maximum Gasteiger partial charge on any atom is 0.254 e. The van der Waals surface area contributed by atoms with Crippen molar-refractivity contribution in [2.45, 2.75) is 45.6 Å². The number of carbonyl (C=O) groups is 1. The number of hydrogen-bond acceptors (Lipinski definition) is 3. The van der Waals surface area contributed by atoms with Gasteiger partial charge >= 0.3 is 0 Å². The Labute approximate surface area is 125 Å². The van der Waals surface area contributed by atoms with Crippen molar-refractivity contribution in [1.29, 1.82) is 0 Å². The number of amides is 1. The number of nitrogens with two attached hydrogens (primary N) is 1. The van der Waals surface area contributed by atoms with Crippen molar-refractivity contribution in [3.63, 3.8) is 0 Å². The van der Waals surface area contributed by atoms with E-state index in [-0.39, 0.29) is 17.1 Å². The van der Waals surface area contributed by atoms with E-state index in [1.165, 1.54) is 19.0 Å². The molecule has 2 atom stereocenters. The van der Waals surface area contributed by atoms with Gasteiger partial charge in [-0.15, -0.1) is 0 Å². The Morgan fingerprint density at radius 3 is 2.85 bits per heavy atom. The zero-order valence-electron chi connectivity index (χ0n) is 12.0. The van der Waals surface area contributed by atoms with Crippen molar-refractivity contribution in [3.8, 4) is 0 Å². The quantitative estimate of drug-likeness (QED) is 0.841. The van der Waals surface area contributed by atoms with Crippen LogP contribution in [0.25, 0.3) is 0 Å². The number of rotatable bonds is 3. The molecule has 0 spiro atoms. The van der Waals surface area contributed by atoms with E-state index in [0.29, 0.717) is 23.1 Å². The zero-order chi connectivity index (χ0) is 14.7. The fourth-order valence-electron chi connectivity index (χ4n) is 3.01. The average Bonchev–Trinajstić information content (AvgIpc) is 2.41. The Kier molecular flexibility index (Phi) is 4.86. The van der Waals surface area contributed by atoms with Crippen molar-refractivity contribution in [2.75, 3.05) is 5.73 Å². The highest BCUT2D eigenvalue weighted by atomic mass is 35.5. The molecule has 1 aromatic rings. The number of anilines is 1. The molecule has 1 aliphatic rings. The molecule has 1 amide bonds. The Morgan fingerprint density at radius 1 is 1.45 bits per heavy atom. The first-order valence-corrected chi connectivity index (χ1v) is 7.58. The number of nitrogens with zero attached hydrogens (tertiary/aromatic N) is 1. The number of hydrogen-bond donors (Lipinski definition) is 2. The molecule has 2 rings (SSSR count). The highest BCUT2D eigenvalue weighted by Gasteiger charge is 2.29. The van der Waals surface area contributed by atoms with E-state index >= 15 is 0 Å². The van der Waals surface area contributed by atoms with Crippen molar-refractivity contribution in [1.82, 2.24) is 10.3 Å². The second-order valence-corrected chi connectivity index (χ2v) is 6.24. The van der Waals surface area contributed by atoms with Gasteiger partial charge in [-0.05, 0) is 30.7 Å². The first-order valence-electron chi connectivity index (χ1n) is 7.21. The minimum absolute atomic E-state index is 0.174. The number of nitrogen functional groups attached to an aromatic ring is 1. The summed E-state index contributed by atoms with van der Waals surface area (Å²) in [5.41, 5.74) is 6.48. The molecule has 0 bridgehead atoms. The summed E-state index contributed by atoms with van der Waals surface area (Å²) in [6, 6.07) is 1.80. The van der Waals surface area contributed by atoms with Gasteiger partial charge in [-0.25, -0.2) is 4.98 Å². The van der Waals surface area contributed by atoms with E-state index in [4.69, 9.17) is 17.3 Å². The lowest BCUT2D eigenvalue weighted by atomic mass is 9.78. The summed E-state index contributed by atoms with van der Waals surface area (Å²) in [5.74, 6) is 0.919. The standard InChI is InChI=1S/C15H22ClN3O/c1-9(2)11-5-3-4-6-13(11)19-15(20)12-7-10(17)8-18-14(12)16/h7-9,11,13H,3-6,17H2,1-2H3,(H,19,20). The van der Waals surface area contributed by atoms with E-state index in [1.807, 2.05) is 0 Å². The van der Waals surface area contributed by atoms with Crippen LogP contribution in [0.15, 0.2) is 12.3 Å². The summed E-state index contributed by atoms with van der Waals surface area (Å²) in [6.45, 7) is 4.42. The average molecular weight is 296 g/mol. The van der Waals surface area contributed by atoms with E-state index in [0.717, 1.165) is 12.8 Å². The van der Waals surface area contributed by atoms with Gasteiger partial charge in [-0.1, -0.05) is 38.3 Å². The van der Waals surface area contributed by atoms with E-state index in [2.05, 4.69) is 24.1 Å². The maximum absolute atomic E-state index is 12.4. The summed E-state index contributed by atoms with van der Waals surface area (Å²) in [7, 11) is 0. The first-order chi connectivity index (χ1) is 9.49. The fraction of sp³-hybridized carbons (Fsp3) is 0.600. The van der Waals surface area contributed by atoms with Crippen LogP contribution >= 0.6 is 11.6 Å². The molecule has 1 fully saturated rings. The van der Waals surface area contributed by atoms with Crippen LogP contribution in [-0.2, 0) is 0 Å². The molecule has 0 radical (unpaired) electrons. The van der Waals surface area contributed by atoms with Gasteiger partial charge < -0.3 is 11.1 Å². The second kappa shape index (κ2) is 6.44. The summed E-state index contributed by atoms with van der Waals surface area (Å²) >= 11 is 5.98. The lowest BCUT2D eigenvalue weighted by molar-refractivity contribution is 0.0889. The van der Waals surface area contributed by atoms with E-state index in [9.17, 15) is 4.79 Å². The highest BCUT2D eigenvalue weighted by Crippen LogP contribution is 2.30. The van der Waals surface area contributed by atoms with Crippen LogP contribution in [-0.4, -0.2) is 16.9 Å². The second-order valence-electron chi connectivity index (χ2n) is 5.88. The molecule has 3 N–H and O–H groups in total. The Morgan fingerprint density at radius 2 is 2.15 bits per heavy atom. The molecule has 0 aromatic carbocycles. The summed E-state index contributed by atoms with van der Waals surface area (Å²) in [4.78, 5) is 16.3. The van der Waals surface area contributed by atoms with Crippen molar-refractivity contribution < 1.29 is 4.79 Å².